The van der Waals surface area contributed by atoms with E-state index in [1.54, 1.807) is 17.0 Å². The zero-order valence-electron chi connectivity index (χ0n) is 24.9. The van der Waals surface area contributed by atoms with Gasteiger partial charge < -0.3 is 35.0 Å². The average molecular weight is 747 g/mol. The van der Waals surface area contributed by atoms with Gasteiger partial charge in [-0.25, -0.2) is 0 Å². The van der Waals surface area contributed by atoms with Gasteiger partial charge >= 0.3 is 6.18 Å². The highest BCUT2D eigenvalue weighted by Crippen LogP contribution is 2.38. The van der Waals surface area contributed by atoms with Gasteiger partial charge in [0.2, 0.25) is 5.91 Å². The Bertz CT molecular complexity index is 1360. The van der Waals surface area contributed by atoms with Crippen LogP contribution in [0.3, 0.4) is 0 Å². The maximum absolute atomic E-state index is 14.2. The molecule has 2 aliphatic rings. The van der Waals surface area contributed by atoms with Crippen molar-refractivity contribution in [2.45, 2.75) is 82.0 Å². The lowest BCUT2D eigenvalue weighted by Crippen LogP contribution is -2.58. The van der Waals surface area contributed by atoms with Gasteiger partial charge in [-0.3, -0.25) is 9.59 Å². The number of carbonyl (C=O) groups excluding carboxylic acids is 2. The highest BCUT2D eigenvalue weighted by molar-refractivity contribution is 14.1. The van der Waals surface area contributed by atoms with Crippen LogP contribution in [0.15, 0.2) is 48.0 Å². The van der Waals surface area contributed by atoms with Gasteiger partial charge in [-0.05, 0) is 83.5 Å². The van der Waals surface area contributed by atoms with Crippen LogP contribution in [0.2, 0.25) is 0 Å². The fourth-order valence-corrected chi connectivity index (χ4v) is 6.73. The van der Waals surface area contributed by atoms with Gasteiger partial charge in [-0.15, -0.1) is 0 Å². The Morgan fingerprint density at radius 2 is 1.73 bits per heavy atom. The zero-order valence-corrected chi connectivity index (χ0v) is 27.0. The first-order valence-corrected chi connectivity index (χ1v) is 16.0. The molecule has 45 heavy (non-hydrogen) atoms. The Kier molecular flexibility index (Phi) is 12.1. The molecule has 0 bridgehead atoms. The van der Waals surface area contributed by atoms with Gasteiger partial charge in [-0.1, -0.05) is 25.7 Å². The highest BCUT2D eigenvalue weighted by Gasteiger charge is 2.43. The molecule has 0 heterocycles. The van der Waals surface area contributed by atoms with Gasteiger partial charge in [-0.2, -0.15) is 13.2 Å². The largest absolute Gasteiger partial charge is 0.493 e. The number of ether oxygens (including phenoxy) is 2. The zero-order chi connectivity index (χ0) is 32.7. The molecular weight excluding hydrogens is 708 g/mol. The molecule has 0 aromatic heterocycles. The van der Waals surface area contributed by atoms with Crippen LogP contribution in [0.1, 0.15) is 66.4 Å². The minimum absolute atomic E-state index is 0.0138. The van der Waals surface area contributed by atoms with Gasteiger partial charge in [0.05, 0.1) is 35.5 Å². The van der Waals surface area contributed by atoms with Crippen molar-refractivity contribution >= 4 is 34.4 Å². The van der Waals surface area contributed by atoms with Gasteiger partial charge in [0.25, 0.3) is 5.91 Å². The van der Waals surface area contributed by atoms with Crippen molar-refractivity contribution < 1.29 is 47.6 Å². The molecule has 1 saturated carbocycles. The number of aliphatic hydroxyl groups excluding tert-OH is 3. The number of rotatable bonds is 10. The molecule has 13 heteroatoms. The predicted octanol–water partition coefficient (Wildman–Crippen LogP) is 4.59. The molecule has 0 aliphatic heterocycles. The third-order valence-electron chi connectivity index (χ3n) is 8.21. The molecule has 3 atom stereocenters. The van der Waals surface area contributed by atoms with E-state index in [-0.39, 0.29) is 49.1 Å². The summed E-state index contributed by atoms with van der Waals surface area (Å²) in [6.45, 7) is -0.545. The molecule has 0 radical (unpaired) electrons. The van der Waals surface area contributed by atoms with Crippen molar-refractivity contribution in [1.29, 1.82) is 0 Å². The molecule has 9 nitrogen and oxygen atoms in total. The van der Waals surface area contributed by atoms with Crippen LogP contribution >= 0.6 is 22.6 Å². The molecule has 246 valence electrons. The molecule has 2 aromatic carbocycles. The molecule has 2 amide bonds. The topological polar surface area (TPSA) is 129 Å². The first-order chi connectivity index (χ1) is 21.5. The van der Waals surface area contributed by atoms with E-state index in [1.807, 2.05) is 22.6 Å². The van der Waals surface area contributed by atoms with E-state index in [4.69, 9.17) is 9.47 Å². The Morgan fingerprint density at radius 1 is 1.07 bits per heavy atom. The number of nitrogens with one attached hydrogen (secondary N) is 1. The van der Waals surface area contributed by atoms with Crippen LogP contribution in [0, 0.1) is 3.57 Å². The van der Waals surface area contributed by atoms with E-state index in [1.165, 1.54) is 13.2 Å². The fraction of sp³-hybridized carbons (Fsp3) is 0.500. The fourth-order valence-electron chi connectivity index (χ4n) is 5.94. The lowest BCUT2D eigenvalue weighted by molar-refractivity contribution is -0.137. The van der Waals surface area contributed by atoms with Crippen molar-refractivity contribution in [2.75, 3.05) is 20.3 Å². The number of nitrogens with zero attached hydrogens (tertiary/aromatic N) is 1. The SMILES string of the molecule is COc1cc(CO)cc(I)c1OC1C=C(C(=O)NCCO)CC(N(C(=O)c2ccc(C(F)(F)F)cc2)C2CCCCCC2)C1O. The molecule has 0 spiro atoms. The summed E-state index contributed by atoms with van der Waals surface area (Å²) in [5, 5.41) is 33.4. The van der Waals surface area contributed by atoms with Crippen LogP contribution in [0.4, 0.5) is 13.2 Å². The van der Waals surface area contributed by atoms with Crippen LogP contribution in [0.25, 0.3) is 0 Å². The first kappa shape index (κ1) is 35.0. The third-order valence-corrected chi connectivity index (χ3v) is 9.01. The number of amides is 2. The molecule has 2 aliphatic carbocycles. The number of aliphatic hydroxyl groups is 3. The Hall–Kier alpha value is -2.88. The smallest absolute Gasteiger partial charge is 0.416 e. The number of benzene rings is 2. The van der Waals surface area contributed by atoms with E-state index in [9.17, 15) is 38.1 Å². The van der Waals surface area contributed by atoms with Crippen LogP contribution in [-0.2, 0) is 17.6 Å². The molecule has 0 saturated heterocycles. The van der Waals surface area contributed by atoms with Crippen molar-refractivity contribution in [3.8, 4) is 11.5 Å². The number of hydrogen-bond acceptors (Lipinski definition) is 7. The molecule has 2 aromatic rings. The second-order valence-corrected chi connectivity index (χ2v) is 12.4. The second-order valence-electron chi connectivity index (χ2n) is 11.2. The summed E-state index contributed by atoms with van der Waals surface area (Å²) in [5.41, 5.74) is -0.0446. The molecule has 1 fully saturated rings. The van der Waals surface area contributed by atoms with Crippen molar-refractivity contribution in [3.63, 3.8) is 0 Å². The molecule has 4 rings (SSSR count). The maximum atomic E-state index is 14.2. The van der Waals surface area contributed by atoms with Crippen LogP contribution < -0.4 is 14.8 Å². The lowest BCUT2D eigenvalue weighted by atomic mass is 9.86. The standard InChI is InChI=1S/C32H38F3IN2O7/c1-44-27-15-19(18-40)14-24(36)29(27)45-26-17-21(30(42)37-12-13-39)16-25(28(26)41)38(23-6-4-2-3-5-7-23)31(43)20-8-10-22(11-9-20)32(33,34)35/h8-11,14-15,17,23,25-26,28,39-41H,2-7,12-13,16,18H2,1H3,(H,37,42). The summed E-state index contributed by atoms with van der Waals surface area (Å²) in [4.78, 5) is 28.9. The van der Waals surface area contributed by atoms with E-state index in [2.05, 4.69) is 5.32 Å². The minimum Gasteiger partial charge on any atom is -0.493 e. The summed E-state index contributed by atoms with van der Waals surface area (Å²) >= 11 is 2.01. The summed E-state index contributed by atoms with van der Waals surface area (Å²) in [7, 11) is 1.43. The second kappa shape index (κ2) is 15.6. The minimum atomic E-state index is -4.57. The average Bonchev–Trinajstić information content (AvgIpc) is 3.31. The lowest BCUT2D eigenvalue weighted by Gasteiger charge is -2.44. The summed E-state index contributed by atoms with van der Waals surface area (Å²) in [6.07, 6.45) is -0.737. The summed E-state index contributed by atoms with van der Waals surface area (Å²) in [6, 6.07) is 5.98. The van der Waals surface area contributed by atoms with E-state index < -0.39 is 41.8 Å². The number of alkyl halides is 3. The molecular formula is C32H38F3IN2O7. The normalized spacial score (nSPS) is 21.0. The van der Waals surface area contributed by atoms with Crippen molar-refractivity contribution in [2.24, 2.45) is 0 Å². The first-order valence-electron chi connectivity index (χ1n) is 14.9. The highest BCUT2D eigenvalue weighted by atomic mass is 127. The maximum Gasteiger partial charge on any atom is 0.416 e. The predicted molar refractivity (Wildman–Crippen MR) is 168 cm³/mol. The van der Waals surface area contributed by atoms with E-state index >= 15 is 0 Å². The third kappa shape index (κ3) is 8.48. The van der Waals surface area contributed by atoms with E-state index in [0.29, 0.717) is 27.7 Å². The van der Waals surface area contributed by atoms with Crippen molar-refractivity contribution in [3.05, 3.63) is 68.3 Å². The monoisotopic (exact) mass is 746 g/mol. The number of methoxy groups -OCH3 is 1. The Morgan fingerprint density at radius 3 is 2.31 bits per heavy atom. The van der Waals surface area contributed by atoms with Gasteiger partial charge in [0.15, 0.2) is 11.5 Å². The number of hydrogen-bond donors (Lipinski definition) is 4. The summed E-state index contributed by atoms with van der Waals surface area (Å²) < 4.78 is 52.2. The number of halogens is 4. The van der Waals surface area contributed by atoms with Crippen LogP contribution in [-0.4, -0.2) is 76.6 Å². The summed E-state index contributed by atoms with van der Waals surface area (Å²) in [5.74, 6) is -0.493. The van der Waals surface area contributed by atoms with Crippen LogP contribution in [0.5, 0.6) is 11.5 Å². The van der Waals surface area contributed by atoms with Gasteiger partial charge in [0.1, 0.15) is 12.2 Å². The Balaban J connectivity index is 1.77. The number of carbonyl (C=O) groups is 2. The van der Waals surface area contributed by atoms with E-state index in [0.717, 1.165) is 49.9 Å². The molecule has 3 unspecified atom stereocenters. The Labute approximate surface area is 273 Å². The quantitative estimate of drug-likeness (QED) is 0.207. The molecule has 4 N–H and O–H groups in total. The van der Waals surface area contributed by atoms with Crippen molar-refractivity contribution in [1.82, 2.24) is 10.2 Å². The van der Waals surface area contributed by atoms with Gasteiger partial charge in [0, 0.05) is 30.1 Å².